The number of hydrogen-bond acceptors (Lipinski definition) is 4. The van der Waals surface area contributed by atoms with Crippen LogP contribution >= 0.6 is 0 Å². The smallest absolute Gasteiger partial charge is 0.378 e. The van der Waals surface area contributed by atoms with Gasteiger partial charge in [0.2, 0.25) is 0 Å². The van der Waals surface area contributed by atoms with E-state index in [0.717, 1.165) is 0 Å². The van der Waals surface area contributed by atoms with Gasteiger partial charge in [-0.1, -0.05) is 35.5 Å². The van der Waals surface area contributed by atoms with Crippen LogP contribution in [-0.4, -0.2) is 15.2 Å². The van der Waals surface area contributed by atoms with Crippen LogP contribution in [-0.2, 0) is 6.18 Å². The first-order valence-corrected chi connectivity index (χ1v) is 4.62. The molecule has 7 heteroatoms. The van der Waals surface area contributed by atoms with Crippen LogP contribution in [0.25, 0.3) is 0 Å². The highest BCUT2D eigenvalue weighted by atomic mass is 19.4. The number of aromatic nitrogens is 2. The maximum atomic E-state index is 12.2. The molecule has 0 aliphatic rings. The van der Waals surface area contributed by atoms with E-state index in [0.29, 0.717) is 5.56 Å². The number of aliphatic hydroxyl groups is 1. The minimum atomic E-state index is -4.68. The molecule has 0 amide bonds. The SMILES string of the molecule is OC(c1ccccc1)c1nc(C(F)(F)F)no1. The molecular weight excluding hydrogens is 237 g/mol. The summed E-state index contributed by atoms with van der Waals surface area (Å²) in [5.41, 5.74) is 0.380. The van der Waals surface area contributed by atoms with Gasteiger partial charge >= 0.3 is 6.18 Å². The molecule has 0 radical (unpaired) electrons. The highest BCUT2D eigenvalue weighted by molar-refractivity contribution is 5.21. The van der Waals surface area contributed by atoms with E-state index in [1.165, 1.54) is 0 Å². The Morgan fingerprint density at radius 1 is 1.18 bits per heavy atom. The number of benzene rings is 1. The molecule has 1 unspecified atom stereocenters. The minimum Gasteiger partial charge on any atom is -0.378 e. The zero-order valence-corrected chi connectivity index (χ0v) is 8.35. The van der Waals surface area contributed by atoms with Gasteiger partial charge in [-0.2, -0.15) is 18.2 Å². The summed E-state index contributed by atoms with van der Waals surface area (Å²) in [5.74, 6) is -1.88. The Balaban J connectivity index is 2.27. The summed E-state index contributed by atoms with van der Waals surface area (Å²) in [4.78, 5) is 3.11. The molecule has 90 valence electrons. The van der Waals surface area contributed by atoms with E-state index in [9.17, 15) is 18.3 Å². The molecule has 0 aliphatic carbocycles. The van der Waals surface area contributed by atoms with Gasteiger partial charge in [0.15, 0.2) is 6.10 Å². The molecule has 17 heavy (non-hydrogen) atoms. The van der Waals surface area contributed by atoms with Crippen molar-refractivity contribution in [3.63, 3.8) is 0 Å². The summed E-state index contributed by atoms with van der Waals surface area (Å²) in [6.07, 6.45) is -6.04. The first kappa shape index (κ1) is 11.6. The van der Waals surface area contributed by atoms with E-state index in [1.807, 2.05) is 0 Å². The number of aliphatic hydroxyl groups excluding tert-OH is 1. The third-order valence-electron chi connectivity index (χ3n) is 2.04. The second-order valence-corrected chi connectivity index (χ2v) is 3.27. The van der Waals surface area contributed by atoms with Gasteiger partial charge in [-0.15, -0.1) is 0 Å². The zero-order valence-electron chi connectivity index (χ0n) is 8.35. The summed E-state index contributed by atoms with van der Waals surface area (Å²) in [6, 6.07) is 8.08. The monoisotopic (exact) mass is 244 g/mol. The highest BCUT2D eigenvalue weighted by Crippen LogP contribution is 2.28. The van der Waals surface area contributed by atoms with Crippen molar-refractivity contribution in [2.24, 2.45) is 0 Å². The second-order valence-electron chi connectivity index (χ2n) is 3.27. The Bertz CT molecular complexity index is 496. The van der Waals surface area contributed by atoms with Gasteiger partial charge in [-0.25, -0.2) is 0 Å². The lowest BCUT2D eigenvalue weighted by molar-refractivity contribution is -0.146. The average molecular weight is 244 g/mol. The van der Waals surface area contributed by atoms with Gasteiger partial charge in [0.1, 0.15) is 0 Å². The molecule has 0 bridgehead atoms. The first-order chi connectivity index (χ1) is 7.98. The molecule has 1 heterocycles. The van der Waals surface area contributed by atoms with E-state index in [1.54, 1.807) is 30.3 Å². The Morgan fingerprint density at radius 2 is 1.82 bits per heavy atom. The van der Waals surface area contributed by atoms with Crippen molar-refractivity contribution < 1.29 is 22.8 Å². The molecule has 2 aromatic rings. The van der Waals surface area contributed by atoms with Gasteiger partial charge in [0.05, 0.1) is 0 Å². The van der Waals surface area contributed by atoms with Gasteiger partial charge in [0.25, 0.3) is 11.7 Å². The molecule has 4 nitrogen and oxygen atoms in total. The number of hydrogen-bond donors (Lipinski definition) is 1. The molecule has 1 aromatic heterocycles. The summed E-state index contributed by atoms with van der Waals surface area (Å²) in [7, 11) is 0. The summed E-state index contributed by atoms with van der Waals surface area (Å²) in [5, 5.41) is 12.5. The van der Waals surface area contributed by atoms with E-state index in [-0.39, 0.29) is 0 Å². The van der Waals surface area contributed by atoms with Crippen molar-refractivity contribution in [3.8, 4) is 0 Å². The number of nitrogens with zero attached hydrogens (tertiary/aromatic N) is 2. The van der Waals surface area contributed by atoms with Crippen LogP contribution < -0.4 is 0 Å². The van der Waals surface area contributed by atoms with Crippen LogP contribution in [0.4, 0.5) is 13.2 Å². The summed E-state index contributed by atoms with van der Waals surface area (Å²) in [6.45, 7) is 0. The average Bonchev–Trinajstić information content (AvgIpc) is 2.78. The number of halogens is 3. The maximum absolute atomic E-state index is 12.2. The van der Waals surface area contributed by atoms with Crippen LogP contribution in [0, 0.1) is 0 Å². The Labute approximate surface area is 93.7 Å². The van der Waals surface area contributed by atoms with Crippen LogP contribution in [0.5, 0.6) is 0 Å². The van der Waals surface area contributed by atoms with Crippen molar-refractivity contribution in [3.05, 3.63) is 47.6 Å². The quantitative estimate of drug-likeness (QED) is 0.879. The summed E-state index contributed by atoms with van der Waals surface area (Å²) < 4.78 is 41.0. The standard InChI is InChI=1S/C10H7F3N2O2/c11-10(12,13)9-14-8(17-15-9)7(16)6-4-2-1-3-5-6/h1-5,7,16H. The van der Waals surface area contributed by atoms with Crippen molar-refractivity contribution in [1.82, 2.24) is 10.1 Å². The first-order valence-electron chi connectivity index (χ1n) is 4.62. The Morgan fingerprint density at radius 3 is 2.35 bits per heavy atom. The zero-order chi connectivity index (χ0) is 12.5. The Kier molecular flexibility index (Phi) is 2.84. The fourth-order valence-electron chi connectivity index (χ4n) is 1.24. The molecule has 1 aromatic carbocycles. The predicted molar refractivity (Wildman–Crippen MR) is 49.8 cm³/mol. The lowest BCUT2D eigenvalue weighted by atomic mass is 10.1. The van der Waals surface area contributed by atoms with Gasteiger partial charge in [0, 0.05) is 0 Å². The fraction of sp³-hybridized carbons (Fsp3) is 0.200. The number of rotatable bonds is 2. The summed E-state index contributed by atoms with van der Waals surface area (Å²) >= 11 is 0. The van der Waals surface area contributed by atoms with E-state index in [2.05, 4.69) is 14.7 Å². The van der Waals surface area contributed by atoms with Gasteiger partial charge < -0.3 is 9.63 Å². The Hall–Kier alpha value is -1.89. The molecule has 0 saturated heterocycles. The third-order valence-corrected chi connectivity index (χ3v) is 2.04. The molecule has 0 spiro atoms. The molecule has 0 aliphatic heterocycles. The third kappa shape index (κ3) is 2.44. The minimum absolute atomic E-state index is 0.380. The van der Waals surface area contributed by atoms with Crippen molar-refractivity contribution in [2.75, 3.05) is 0 Å². The molecule has 1 N–H and O–H groups in total. The van der Waals surface area contributed by atoms with E-state index in [4.69, 9.17) is 0 Å². The van der Waals surface area contributed by atoms with Crippen molar-refractivity contribution in [2.45, 2.75) is 12.3 Å². The molecule has 1 atom stereocenters. The highest BCUT2D eigenvalue weighted by Gasteiger charge is 2.38. The molecule has 2 rings (SSSR count). The topological polar surface area (TPSA) is 59.2 Å². The van der Waals surface area contributed by atoms with E-state index < -0.39 is 24.0 Å². The second kappa shape index (κ2) is 4.17. The van der Waals surface area contributed by atoms with Gasteiger partial charge in [-0.3, -0.25) is 0 Å². The van der Waals surface area contributed by atoms with Crippen LogP contribution in [0.1, 0.15) is 23.4 Å². The number of alkyl halides is 3. The maximum Gasteiger partial charge on any atom is 0.455 e. The van der Waals surface area contributed by atoms with Crippen LogP contribution in [0.15, 0.2) is 34.9 Å². The van der Waals surface area contributed by atoms with E-state index >= 15 is 0 Å². The van der Waals surface area contributed by atoms with Crippen molar-refractivity contribution >= 4 is 0 Å². The van der Waals surface area contributed by atoms with Gasteiger partial charge in [-0.05, 0) is 5.56 Å². The lowest BCUT2D eigenvalue weighted by Gasteiger charge is -2.04. The fourth-order valence-corrected chi connectivity index (χ4v) is 1.24. The molecule has 0 fully saturated rings. The predicted octanol–water partition coefficient (Wildman–Crippen LogP) is 2.17. The lowest BCUT2D eigenvalue weighted by Crippen LogP contribution is -2.08. The van der Waals surface area contributed by atoms with Crippen LogP contribution in [0.2, 0.25) is 0 Å². The largest absolute Gasteiger partial charge is 0.455 e. The normalized spacial score (nSPS) is 13.6. The molecule has 0 saturated carbocycles. The van der Waals surface area contributed by atoms with Crippen molar-refractivity contribution in [1.29, 1.82) is 0 Å². The molecular formula is C10H7F3N2O2. The van der Waals surface area contributed by atoms with Crippen LogP contribution in [0.3, 0.4) is 0 Å².